The van der Waals surface area contributed by atoms with Crippen molar-refractivity contribution < 1.29 is 17.6 Å². The van der Waals surface area contributed by atoms with Crippen LogP contribution in [0, 0.1) is 5.82 Å². The zero-order valence-corrected chi connectivity index (χ0v) is 16.0. The Bertz CT molecular complexity index is 998. The van der Waals surface area contributed by atoms with Crippen LogP contribution < -0.4 is 4.90 Å². The van der Waals surface area contributed by atoms with E-state index in [4.69, 9.17) is 11.6 Å². The molecule has 0 aliphatic carbocycles. The number of carbonyl (C=O) groups excluding carboxylic acids is 1. The van der Waals surface area contributed by atoms with Crippen molar-refractivity contribution in [2.45, 2.75) is 18.6 Å². The number of hydrogen-bond donors (Lipinski definition) is 0. The van der Waals surface area contributed by atoms with Gasteiger partial charge in [-0.15, -0.1) is 0 Å². The topological polar surface area (TPSA) is 57.7 Å². The molecule has 8 heteroatoms. The minimum atomic E-state index is -3.30. The number of anilines is 1. The maximum Gasteiger partial charge on any atom is 0.241 e. The molecule has 2 atom stereocenters. The second-order valence-electron chi connectivity index (χ2n) is 6.95. The quantitative estimate of drug-likeness (QED) is 0.783. The minimum absolute atomic E-state index is 0.0253. The molecule has 0 saturated carbocycles. The van der Waals surface area contributed by atoms with Crippen LogP contribution in [0.1, 0.15) is 5.56 Å². The summed E-state index contributed by atoms with van der Waals surface area (Å²) in [4.78, 5) is 16.2. The lowest BCUT2D eigenvalue weighted by Gasteiger charge is -2.43. The van der Waals surface area contributed by atoms with Gasteiger partial charge in [0.25, 0.3) is 0 Å². The van der Waals surface area contributed by atoms with Crippen molar-refractivity contribution in [3.8, 4) is 0 Å². The van der Waals surface area contributed by atoms with Crippen LogP contribution in [0.4, 0.5) is 10.1 Å². The maximum atomic E-state index is 14.1. The monoisotopic (exact) mass is 408 g/mol. The Balaban J connectivity index is 1.69. The molecular formula is C19H18ClFN2O3S. The first-order valence-electron chi connectivity index (χ1n) is 8.59. The third-order valence-corrected chi connectivity index (χ3v) is 7.05. The van der Waals surface area contributed by atoms with E-state index in [1.165, 1.54) is 6.07 Å². The molecule has 2 heterocycles. The lowest BCUT2D eigenvalue weighted by molar-refractivity contribution is -0.123. The van der Waals surface area contributed by atoms with Gasteiger partial charge in [-0.3, -0.25) is 9.69 Å². The standard InChI is InChI=1S/C19H18ClFN2O3S/c20-14-5-3-6-15(8-14)23-18-12-27(25,26)11-17(18)22(10-19(23)24)9-13-4-1-2-7-16(13)21/h1-8,17-18H,9-12H2/t17-,18-/m1/s1. The SMILES string of the molecule is O=C1CN(Cc2ccccc2F)[C@@H]2CS(=O)(=O)C[C@H]2N1c1cccc(Cl)c1. The van der Waals surface area contributed by atoms with Crippen LogP contribution in [-0.2, 0) is 21.2 Å². The average Bonchev–Trinajstić information content (AvgIpc) is 2.92. The first kappa shape index (κ1) is 18.4. The second-order valence-corrected chi connectivity index (χ2v) is 9.54. The Labute approximate surface area is 162 Å². The first-order valence-corrected chi connectivity index (χ1v) is 10.8. The smallest absolute Gasteiger partial charge is 0.241 e. The van der Waals surface area contributed by atoms with Crippen molar-refractivity contribution in [2.75, 3.05) is 23.0 Å². The van der Waals surface area contributed by atoms with E-state index in [2.05, 4.69) is 0 Å². The number of carbonyl (C=O) groups is 1. The highest BCUT2D eigenvalue weighted by Gasteiger charge is 2.49. The Hall–Kier alpha value is -1.96. The van der Waals surface area contributed by atoms with Gasteiger partial charge in [0.15, 0.2) is 9.84 Å². The molecule has 0 unspecified atom stereocenters. The second kappa shape index (κ2) is 6.89. The molecule has 0 N–H and O–H groups in total. The highest BCUT2D eigenvalue weighted by molar-refractivity contribution is 7.91. The molecule has 1 amide bonds. The highest BCUT2D eigenvalue weighted by atomic mass is 35.5. The van der Waals surface area contributed by atoms with E-state index >= 15 is 0 Å². The number of nitrogens with zero attached hydrogens (tertiary/aromatic N) is 2. The Morgan fingerprint density at radius 2 is 1.81 bits per heavy atom. The molecule has 5 nitrogen and oxygen atoms in total. The summed E-state index contributed by atoms with van der Waals surface area (Å²) in [6, 6.07) is 12.3. The zero-order valence-electron chi connectivity index (χ0n) is 14.4. The Morgan fingerprint density at radius 1 is 1.07 bits per heavy atom. The molecule has 142 valence electrons. The molecule has 2 aromatic carbocycles. The minimum Gasteiger partial charge on any atom is -0.306 e. The zero-order chi connectivity index (χ0) is 19.2. The summed E-state index contributed by atoms with van der Waals surface area (Å²) in [5.74, 6) is -0.730. The fraction of sp³-hybridized carbons (Fsp3) is 0.316. The van der Waals surface area contributed by atoms with E-state index in [9.17, 15) is 17.6 Å². The van der Waals surface area contributed by atoms with Crippen LogP contribution >= 0.6 is 11.6 Å². The van der Waals surface area contributed by atoms with Crippen molar-refractivity contribution >= 4 is 33.0 Å². The van der Waals surface area contributed by atoms with Crippen molar-refractivity contribution in [3.63, 3.8) is 0 Å². The van der Waals surface area contributed by atoms with Gasteiger partial charge in [-0.2, -0.15) is 0 Å². The van der Waals surface area contributed by atoms with Crippen LogP contribution in [0.5, 0.6) is 0 Å². The van der Waals surface area contributed by atoms with Gasteiger partial charge >= 0.3 is 0 Å². The lowest BCUT2D eigenvalue weighted by atomic mass is 10.0. The Morgan fingerprint density at radius 3 is 2.56 bits per heavy atom. The fourth-order valence-electron chi connectivity index (χ4n) is 3.94. The van der Waals surface area contributed by atoms with E-state index in [0.717, 1.165) is 0 Å². The largest absolute Gasteiger partial charge is 0.306 e. The number of piperazine rings is 1. The number of amides is 1. The molecular weight excluding hydrogens is 391 g/mol. The van der Waals surface area contributed by atoms with E-state index in [0.29, 0.717) is 16.3 Å². The van der Waals surface area contributed by atoms with Gasteiger partial charge in [0.1, 0.15) is 5.82 Å². The summed E-state index contributed by atoms with van der Waals surface area (Å²) < 4.78 is 38.8. The van der Waals surface area contributed by atoms with Gasteiger partial charge in [0.05, 0.1) is 24.1 Å². The number of hydrogen-bond acceptors (Lipinski definition) is 4. The molecule has 4 rings (SSSR count). The maximum absolute atomic E-state index is 14.1. The van der Waals surface area contributed by atoms with Gasteiger partial charge in [-0.05, 0) is 24.3 Å². The number of fused-ring (bicyclic) bond motifs is 1. The van der Waals surface area contributed by atoms with Gasteiger partial charge in [0, 0.05) is 28.9 Å². The normalized spacial score (nSPS) is 24.8. The van der Waals surface area contributed by atoms with Crippen molar-refractivity contribution in [1.82, 2.24) is 4.90 Å². The number of benzene rings is 2. The average molecular weight is 409 g/mol. The molecule has 27 heavy (non-hydrogen) atoms. The molecule has 2 aliphatic heterocycles. The van der Waals surface area contributed by atoms with Crippen LogP contribution in [0.15, 0.2) is 48.5 Å². The summed E-state index contributed by atoms with van der Waals surface area (Å²) >= 11 is 6.06. The summed E-state index contributed by atoms with van der Waals surface area (Å²) in [6.45, 7) is 0.218. The molecule has 2 aromatic rings. The van der Waals surface area contributed by atoms with Crippen LogP contribution in [-0.4, -0.2) is 49.4 Å². The number of halogens is 2. The van der Waals surface area contributed by atoms with Crippen molar-refractivity contribution in [3.05, 3.63) is 64.9 Å². The molecule has 0 aromatic heterocycles. The van der Waals surface area contributed by atoms with Crippen LogP contribution in [0.25, 0.3) is 0 Å². The van der Waals surface area contributed by atoms with Crippen molar-refractivity contribution in [1.29, 1.82) is 0 Å². The summed E-state index contributed by atoms with van der Waals surface area (Å²) in [5.41, 5.74) is 1.04. The van der Waals surface area contributed by atoms with Gasteiger partial charge in [-0.1, -0.05) is 35.9 Å². The van der Waals surface area contributed by atoms with E-state index < -0.39 is 15.9 Å². The van der Waals surface area contributed by atoms with E-state index in [1.54, 1.807) is 52.3 Å². The number of rotatable bonds is 3. The van der Waals surface area contributed by atoms with Crippen LogP contribution in [0.3, 0.4) is 0 Å². The van der Waals surface area contributed by atoms with Gasteiger partial charge in [0.2, 0.25) is 5.91 Å². The van der Waals surface area contributed by atoms with Crippen molar-refractivity contribution in [2.24, 2.45) is 0 Å². The fourth-order valence-corrected chi connectivity index (χ4v) is 6.10. The predicted octanol–water partition coefficient (Wildman–Crippen LogP) is 2.49. The van der Waals surface area contributed by atoms with Gasteiger partial charge in [-0.25, -0.2) is 12.8 Å². The molecule has 2 aliphatic rings. The Kier molecular flexibility index (Phi) is 4.70. The summed E-state index contributed by atoms with van der Waals surface area (Å²) in [5, 5.41) is 0.478. The van der Waals surface area contributed by atoms with E-state index in [1.807, 2.05) is 0 Å². The summed E-state index contributed by atoms with van der Waals surface area (Å²) in [6.07, 6.45) is 0. The third-order valence-electron chi connectivity index (χ3n) is 5.12. The highest BCUT2D eigenvalue weighted by Crippen LogP contribution is 2.33. The van der Waals surface area contributed by atoms with Gasteiger partial charge < -0.3 is 4.90 Å². The summed E-state index contributed by atoms with van der Waals surface area (Å²) in [7, 11) is -3.30. The number of sulfone groups is 1. The third kappa shape index (κ3) is 3.59. The molecule has 0 bridgehead atoms. The van der Waals surface area contributed by atoms with Crippen LogP contribution in [0.2, 0.25) is 5.02 Å². The predicted molar refractivity (Wildman–Crippen MR) is 102 cm³/mol. The lowest BCUT2D eigenvalue weighted by Crippen LogP contribution is -2.61. The molecule has 2 saturated heterocycles. The van der Waals surface area contributed by atoms with E-state index in [-0.39, 0.29) is 42.4 Å². The first-order chi connectivity index (χ1) is 12.8. The molecule has 2 fully saturated rings. The molecule has 0 radical (unpaired) electrons. The molecule has 0 spiro atoms.